The first-order valence-corrected chi connectivity index (χ1v) is 11.2. The summed E-state index contributed by atoms with van der Waals surface area (Å²) in [6, 6.07) is 6.61. The molecule has 28 heavy (non-hydrogen) atoms. The molecular formula is C23H38N2O3. The number of rotatable bonds is 9. The van der Waals surface area contributed by atoms with Crippen molar-refractivity contribution in [2.45, 2.75) is 64.6 Å². The molecule has 1 aliphatic heterocycles. The SMILES string of the molecule is CCOc1ccc(CN2CCN(CC3CCCCC3)C(CCO)C2)cc1CO. The van der Waals surface area contributed by atoms with Gasteiger partial charge in [0.25, 0.3) is 0 Å². The highest BCUT2D eigenvalue weighted by Gasteiger charge is 2.29. The summed E-state index contributed by atoms with van der Waals surface area (Å²) < 4.78 is 5.60. The zero-order valence-corrected chi connectivity index (χ0v) is 17.5. The van der Waals surface area contributed by atoms with Gasteiger partial charge in [0.1, 0.15) is 5.75 Å². The molecule has 1 heterocycles. The number of nitrogens with zero attached hydrogens (tertiary/aromatic N) is 2. The topological polar surface area (TPSA) is 56.2 Å². The van der Waals surface area contributed by atoms with Gasteiger partial charge in [-0.15, -0.1) is 0 Å². The van der Waals surface area contributed by atoms with Gasteiger partial charge in [-0.2, -0.15) is 0 Å². The molecule has 0 amide bonds. The van der Waals surface area contributed by atoms with Crippen molar-refractivity contribution in [2.24, 2.45) is 5.92 Å². The van der Waals surface area contributed by atoms with E-state index in [0.29, 0.717) is 12.6 Å². The predicted molar refractivity (Wildman–Crippen MR) is 112 cm³/mol. The van der Waals surface area contributed by atoms with E-state index in [9.17, 15) is 10.2 Å². The summed E-state index contributed by atoms with van der Waals surface area (Å²) in [5.74, 6) is 1.63. The average Bonchev–Trinajstić information content (AvgIpc) is 2.72. The Morgan fingerprint density at radius 1 is 1.11 bits per heavy atom. The molecule has 1 saturated carbocycles. The van der Waals surface area contributed by atoms with Gasteiger partial charge >= 0.3 is 0 Å². The zero-order valence-electron chi connectivity index (χ0n) is 17.5. The number of hydrogen-bond donors (Lipinski definition) is 2. The van der Waals surface area contributed by atoms with E-state index in [1.54, 1.807) is 0 Å². The third kappa shape index (κ3) is 5.93. The van der Waals surface area contributed by atoms with E-state index < -0.39 is 0 Å². The van der Waals surface area contributed by atoms with Gasteiger partial charge in [0.2, 0.25) is 0 Å². The fourth-order valence-corrected chi connectivity index (χ4v) is 4.87. The maximum atomic E-state index is 9.65. The van der Waals surface area contributed by atoms with E-state index in [1.165, 1.54) is 44.2 Å². The van der Waals surface area contributed by atoms with Crippen LogP contribution in [0.1, 0.15) is 56.6 Å². The summed E-state index contributed by atoms with van der Waals surface area (Å²) >= 11 is 0. The van der Waals surface area contributed by atoms with E-state index >= 15 is 0 Å². The van der Waals surface area contributed by atoms with Crippen molar-refractivity contribution in [3.8, 4) is 5.75 Å². The molecule has 1 aromatic rings. The molecule has 5 nitrogen and oxygen atoms in total. The Morgan fingerprint density at radius 3 is 2.64 bits per heavy atom. The van der Waals surface area contributed by atoms with Gasteiger partial charge in [-0.1, -0.05) is 25.3 Å². The molecule has 2 fully saturated rings. The van der Waals surface area contributed by atoms with Crippen LogP contribution in [-0.4, -0.2) is 65.4 Å². The molecule has 5 heteroatoms. The predicted octanol–water partition coefficient (Wildman–Crippen LogP) is 3.03. The standard InChI is InChI=1S/C23H38N2O3/c1-2-28-23-9-8-20(14-21(23)18-27)15-24-11-12-25(22(17-24)10-13-26)16-19-6-4-3-5-7-19/h8-9,14,19,22,26-27H,2-7,10-13,15-18H2,1H3. The van der Waals surface area contributed by atoms with Crippen molar-refractivity contribution < 1.29 is 14.9 Å². The monoisotopic (exact) mass is 390 g/mol. The first-order chi connectivity index (χ1) is 13.7. The molecule has 1 aliphatic carbocycles. The number of hydrogen-bond acceptors (Lipinski definition) is 5. The summed E-state index contributed by atoms with van der Waals surface area (Å²) in [6.07, 6.45) is 7.79. The Morgan fingerprint density at radius 2 is 1.93 bits per heavy atom. The van der Waals surface area contributed by atoms with Crippen LogP contribution in [0.4, 0.5) is 0 Å². The van der Waals surface area contributed by atoms with Crippen molar-refractivity contribution in [1.82, 2.24) is 9.80 Å². The quantitative estimate of drug-likeness (QED) is 0.679. The van der Waals surface area contributed by atoms with E-state index in [-0.39, 0.29) is 13.2 Å². The zero-order chi connectivity index (χ0) is 19.8. The largest absolute Gasteiger partial charge is 0.494 e. The van der Waals surface area contributed by atoms with Crippen LogP contribution in [0.2, 0.25) is 0 Å². The van der Waals surface area contributed by atoms with Crippen molar-refractivity contribution in [1.29, 1.82) is 0 Å². The lowest BCUT2D eigenvalue weighted by atomic mass is 9.88. The minimum absolute atomic E-state index is 0.00543. The lowest BCUT2D eigenvalue weighted by molar-refractivity contribution is 0.0400. The molecule has 0 radical (unpaired) electrons. The molecule has 1 unspecified atom stereocenters. The average molecular weight is 391 g/mol. The van der Waals surface area contributed by atoms with Crippen LogP contribution in [0.5, 0.6) is 5.75 Å². The first-order valence-electron chi connectivity index (χ1n) is 11.2. The van der Waals surface area contributed by atoms with Crippen LogP contribution in [0.3, 0.4) is 0 Å². The van der Waals surface area contributed by atoms with Gasteiger partial charge in [-0.05, 0) is 49.8 Å². The maximum Gasteiger partial charge on any atom is 0.124 e. The number of ether oxygens (including phenoxy) is 1. The van der Waals surface area contributed by atoms with Crippen LogP contribution in [0.25, 0.3) is 0 Å². The normalized spacial score (nSPS) is 22.5. The number of piperazine rings is 1. The fourth-order valence-electron chi connectivity index (χ4n) is 4.87. The van der Waals surface area contributed by atoms with Gasteiger partial charge in [-0.25, -0.2) is 0 Å². The van der Waals surface area contributed by atoms with Crippen molar-refractivity contribution in [3.05, 3.63) is 29.3 Å². The molecule has 2 aliphatic rings. The van der Waals surface area contributed by atoms with Crippen LogP contribution >= 0.6 is 0 Å². The molecule has 158 valence electrons. The van der Waals surface area contributed by atoms with Gasteiger partial charge in [0.05, 0.1) is 13.2 Å². The lowest BCUT2D eigenvalue weighted by Crippen LogP contribution is -2.54. The second-order valence-electron chi connectivity index (χ2n) is 8.43. The summed E-state index contributed by atoms with van der Waals surface area (Å²) in [7, 11) is 0. The second-order valence-corrected chi connectivity index (χ2v) is 8.43. The Labute approximate surface area is 170 Å². The minimum atomic E-state index is 0.00543. The van der Waals surface area contributed by atoms with Gasteiger partial charge in [-0.3, -0.25) is 9.80 Å². The van der Waals surface area contributed by atoms with E-state index in [1.807, 2.05) is 13.0 Å². The maximum absolute atomic E-state index is 9.65. The van der Waals surface area contributed by atoms with E-state index in [4.69, 9.17) is 4.74 Å². The van der Waals surface area contributed by atoms with Crippen molar-refractivity contribution in [2.75, 3.05) is 39.4 Å². The molecular weight excluding hydrogens is 352 g/mol. The highest BCUT2D eigenvalue weighted by atomic mass is 16.5. The lowest BCUT2D eigenvalue weighted by Gasteiger charge is -2.43. The molecule has 1 aromatic carbocycles. The highest BCUT2D eigenvalue weighted by Crippen LogP contribution is 2.27. The smallest absolute Gasteiger partial charge is 0.124 e. The van der Waals surface area contributed by atoms with Crippen molar-refractivity contribution in [3.63, 3.8) is 0 Å². The number of aliphatic hydroxyl groups excluding tert-OH is 2. The van der Waals surface area contributed by atoms with Crippen LogP contribution in [-0.2, 0) is 13.2 Å². The number of benzene rings is 1. The summed E-state index contributed by atoms with van der Waals surface area (Å²) in [5, 5.41) is 19.2. The second kappa shape index (κ2) is 11.1. The third-order valence-corrected chi connectivity index (χ3v) is 6.37. The fraction of sp³-hybridized carbons (Fsp3) is 0.739. The van der Waals surface area contributed by atoms with E-state index in [2.05, 4.69) is 21.9 Å². The Bertz CT molecular complexity index is 589. The third-order valence-electron chi connectivity index (χ3n) is 6.37. The molecule has 2 N–H and O–H groups in total. The Kier molecular flexibility index (Phi) is 8.59. The van der Waals surface area contributed by atoms with Crippen LogP contribution < -0.4 is 4.74 Å². The summed E-state index contributed by atoms with van der Waals surface area (Å²) in [5.41, 5.74) is 2.08. The van der Waals surface area contributed by atoms with Crippen LogP contribution in [0.15, 0.2) is 18.2 Å². The van der Waals surface area contributed by atoms with Crippen LogP contribution in [0, 0.1) is 5.92 Å². The highest BCUT2D eigenvalue weighted by molar-refractivity contribution is 5.37. The molecule has 0 spiro atoms. The molecule has 1 saturated heterocycles. The summed E-state index contributed by atoms with van der Waals surface area (Å²) in [4.78, 5) is 5.13. The minimum Gasteiger partial charge on any atom is -0.494 e. The van der Waals surface area contributed by atoms with Crippen molar-refractivity contribution >= 4 is 0 Å². The summed E-state index contributed by atoms with van der Waals surface area (Å²) in [6.45, 7) is 8.09. The molecule has 1 atom stereocenters. The van der Waals surface area contributed by atoms with Gasteiger partial charge in [0, 0.05) is 50.9 Å². The first kappa shape index (κ1) is 21.6. The molecule has 3 rings (SSSR count). The van der Waals surface area contributed by atoms with Gasteiger partial charge < -0.3 is 14.9 Å². The number of aliphatic hydroxyl groups is 2. The Hall–Kier alpha value is -1.14. The molecule has 0 aromatic heterocycles. The van der Waals surface area contributed by atoms with Gasteiger partial charge in [0.15, 0.2) is 0 Å². The van der Waals surface area contributed by atoms with E-state index in [0.717, 1.165) is 49.8 Å². The molecule has 0 bridgehead atoms. The Balaban J connectivity index is 1.58.